The van der Waals surface area contributed by atoms with Gasteiger partial charge in [0.1, 0.15) is 11.5 Å². The van der Waals surface area contributed by atoms with E-state index in [1.54, 1.807) is 41.1 Å². The van der Waals surface area contributed by atoms with Crippen LogP contribution in [0.15, 0.2) is 73.2 Å². The second kappa shape index (κ2) is 7.21. The minimum atomic E-state index is -0.308. The SMILES string of the molecule is O=C(NCc1ccc(F)cc1)c1c(-c2ccc(Cl)cc2)ccn2ccnc12. The summed E-state index contributed by atoms with van der Waals surface area (Å²) in [5, 5.41) is 3.53. The van der Waals surface area contributed by atoms with E-state index in [4.69, 9.17) is 11.6 Å². The summed E-state index contributed by atoms with van der Waals surface area (Å²) in [6, 6.07) is 15.2. The number of rotatable bonds is 4. The molecule has 27 heavy (non-hydrogen) atoms. The summed E-state index contributed by atoms with van der Waals surface area (Å²) in [5.41, 5.74) is 3.50. The highest BCUT2D eigenvalue weighted by molar-refractivity contribution is 6.30. The Morgan fingerprint density at radius 3 is 2.52 bits per heavy atom. The van der Waals surface area contributed by atoms with Crippen molar-refractivity contribution in [2.45, 2.75) is 6.54 Å². The molecule has 0 saturated heterocycles. The lowest BCUT2D eigenvalue weighted by Crippen LogP contribution is -2.24. The molecule has 2 heterocycles. The average Bonchev–Trinajstić information content (AvgIpc) is 3.16. The number of imidazole rings is 1. The molecule has 2 aromatic heterocycles. The van der Waals surface area contributed by atoms with Crippen LogP contribution in [0.5, 0.6) is 0 Å². The smallest absolute Gasteiger partial charge is 0.255 e. The molecule has 0 aliphatic rings. The largest absolute Gasteiger partial charge is 0.348 e. The predicted octanol–water partition coefficient (Wildman–Crippen LogP) is 4.72. The van der Waals surface area contributed by atoms with Gasteiger partial charge in [0.15, 0.2) is 0 Å². The Labute approximate surface area is 160 Å². The molecular weight excluding hydrogens is 365 g/mol. The molecule has 0 spiro atoms. The zero-order valence-electron chi connectivity index (χ0n) is 14.2. The van der Waals surface area contributed by atoms with Crippen molar-refractivity contribution >= 4 is 23.2 Å². The van der Waals surface area contributed by atoms with Gasteiger partial charge in [-0.2, -0.15) is 0 Å². The van der Waals surface area contributed by atoms with E-state index in [1.807, 2.05) is 24.4 Å². The van der Waals surface area contributed by atoms with Crippen LogP contribution in [-0.2, 0) is 6.54 Å². The first-order valence-electron chi connectivity index (χ1n) is 8.36. The molecule has 6 heteroatoms. The van der Waals surface area contributed by atoms with Gasteiger partial charge in [-0.3, -0.25) is 4.79 Å². The number of nitrogens with one attached hydrogen (secondary N) is 1. The number of aromatic nitrogens is 2. The third kappa shape index (κ3) is 3.55. The first-order valence-corrected chi connectivity index (χ1v) is 8.74. The highest BCUT2D eigenvalue weighted by atomic mass is 35.5. The van der Waals surface area contributed by atoms with Crippen molar-refractivity contribution in [1.82, 2.24) is 14.7 Å². The van der Waals surface area contributed by atoms with Gasteiger partial charge in [-0.25, -0.2) is 9.37 Å². The van der Waals surface area contributed by atoms with Gasteiger partial charge in [-0.1, -0.05) is 35.9 Å². The maximum Gasteiger partial charge on any atom is 0.255 e. The summed E-state index contributed by atoms with van der Waals surface area (Å²) in [5.74, 6) is -0.557. The molecule has 0 saturated carbocycles. The molecule has 0 fully saturated rings. The Bertz CT molecular complexity index is 1100. The molecule has 0 aliphatic carbocycles. The molecular formula is C21H15ClFN3O. The van der Waals surface area contributed by atoms with Crippen LogP contribution in [0.4, 0.5) is 4.39 Å². The van der Waals surface area contributed by atoms with Crippen LogP contribution < -0.4 is 5.32 Å². The maximum absolute atomic E-state index is 13.1. The summed E-state index contributed by atoms with van der Waals surface area (Å²) < 4.78 is 14.8. The van der Waals surface area contributed by atoms with E-state index in [9.17, 15) is 9.18 Å². The van der Waals surface area contributed by atoms with Crippen molar-refractivity contribution in [3.05, 3.63) is 95.2 Å². The standard InChI is InChI=1S/C21H15ClFN3O/c22-16-5-3-15(4-6-16)18-9-11-26-12-10-24-20(26)19(18)21(27)25-13-14-1-7-17(23)8-2-14/h1-12H,13H2,(H,25,27). The minimum Gasteiger partial charge on any atom is -0.348 e. The summed E-state index contributed by atoms with van der Waals surface area (Å²) in [6.45, 7) is 0.293. The molecule has 4 rings (SSSR count). The van der Waals surface area contributed by atoms with E-state index < -0.39 is 0 Å². The highest BCUT2D eigenvalue weighted by Gasteiger charge is 2.18. The number of nitrogens with zero attached hydrogens (tertiary/aromatic N) is 2. The van der Waals surface area contributed by atoms with Gasteiger partial charge in [0.05, 0.1) is 5.56 Å². The van der Waals surface area contributed by atoms with Gasteiger partial charge in [0.2, 0.25) is 0 Å². The number of carbonyl (C=O) groups excluding carboxylic acids is 1. The van der Waals surface area contributed by atoms with Crippen molar-refractivity contribution in [3.63, 3.8) is 0 Å². The lowest BCUT2D eigenvalue weighted by molar-refractivity contribution is 0.0952. The van der Waals surface area contributed by atoms with Gasteiger partial charge in [-0.15, -0.1) is 0 Å². The minimum absolute atomic E-state index is 0.249. The lowest BCUT2D eigenvalue weighted by atomic mass is 10.0. The number of hydrogen-bond acceptors (Lipinski definition) is 2. The number of benzene rings is 2. The Morgan fingerprint density at radius 1 is 1.04 bits per heavy atom. The first-order chi connectivity index (χ1) is 13.1. The van der Waals surface area contributed by atoms with E-state index in [-0.39, 0.29) is 11.7 Å². The van der Waals surface area contributed by atoms with Crippen LogP contribution in [-0.4, -0.2) is 15.3 Å². The van der Waals surface area contributed by atoms with Crippen molar-refractivity contribution < 1.29 is 9.18 Å². The fourth-order valence-electron chi connectivity index (χ4n) is 2.95. The van der Waals surface area contributed by atoms with Gasteiger partial charge in [0, 0.05) is 30.2 Å². The van der Waals surface area contributed by atoms with E-state index in [0.29, 0.717) is 22.8 Å². The van der Waals surface area contributed by atoms with Gasteiger partial charge < -0.3 is 9.72 Å². The predicted molar refractivity (Wildman–Crippen MR) is 103 cm³/mol. The van der Waals surface area contributed by atoms with E-state index in [2.05, 4.69) is 10.3 Å². The molecule has 0 bridgehead atoms. The van der Waals surface area contributed by atoms with Gasteiger partial charge in [-0.05, 0) is 47.0 Å². The topological polar surface area (TPSA) is 46.4 Å². The van der Waals surface area contributed by atoms with Crippen LogP contribution in [0.2, 0.25) is 5.02 Å². The molecule has 0 radical (unpaired) electrons. The Hall–Kier alpha value is -3.18. The van der Waals surface area contributed by atoms with E-state index in [0.717, 1.165) is 16.7 Å². The van der Waals surface area contributed by atoms with E-state index in [1.165, 1.54) is 12.1 Å². The van der Waals surface area contributed by atoms with Crippen molar-refractivity contribution in [2.24, 2.45) is 0 Å². The second-order valence-electron chi connectivity index (χ2n) is 6.08. The van der Waals surface area contributed by atoms with Crippen LogP contribution in [0.25, 0.3) is 16.8 Å². The lowest BCUT2D eigenvalue weighted by Gasteiger charge is -2.12. The van der Waals surface area contributed by atoms with Crippen LogP contribution in [0.1, 0.15) is 15.9 Å². The fraction of sp³-hybridized carbons (Fsp3) is 0.0476. The number of carbonyl (C=O) groups is 1. The molecule has 4 aromatic rings. The average molecular weight is 380 g/mol. The van der Waals surface area contributed by atoms with Crippen molar-refractivity contribution in [3.8, 4) is 11.1 Å². The fourth-order valence-corrected chi connectivity index (χ4v) is 3.08. The molecule has 4 nitrogen and oxygen atoms in total. The molecule has 2 aromatic carbocycles. The van der Waals surface area contributed by atoms with Gasteiger partial charge >= 0.3 is 0 Å². The number of amides is 1. The molecule has 0 aliphatic heterocycles. The quantitative estimate of drug-likeness (QED) is 0.557. The summed E-state index contributed by atoms with van der Waals surface area (Å²) in [7, 11) is 0. The zero-order valence-corrected chi connectivity index (χ0v) is 14.9. The Balaban J connectivity index is 1.71. The normalized spacial score (nSPS) is 10.9. The number of hydrogen-bond donors (Lipinski definition) is 1. The third-order valence-electron chi connectivity index (χ3n) is 4.31. The number of halogens is 2. The monoisotopic (exact) mass is 379 g/mol. The molecule has 0 unspecified atom stereocenters. The van der Waals surface area contributed by atoms with Crippen molar-refractivity contribution in [2.75, 3.05) is 0 Å². The first kappa shape index (κ1) is 17.2. The maximum atomic E-state index is 13.1. The summed E-state index contributed by atoms with van der Waals surface area (Å²) >= 11 is 5.99. The van der Waals surface area contributed by atoms with Gasteiger partial charge in [0.25, 0.3) is 5.91 Å². The molecule has 1 N–H and O–H groups in total. The van der Waals surface area contributed by atoms with Crippen LogP contribution in [0, 0.1) is 5.82 Å². The zero-order chi connectivity index (χ0) is 18.8. The van der Waals surface area contributed by atoms with Crippen molar-refractivity contribution in [1.29, 1.82) is 0 Å². The Kier molecular flexibility index (Phi) is 4.60. The highest BCUT2D eigenvalue weighted by Crippen LogP contribution is 2.27. The molecule has 0 atom stereocenters. The number of pyridine rings is 1. The number of fused-ring (bicyclic) bond motifs is 1. The molecule has 134 valence electrons. The Morgan fingerprint density at radius 2 is 1.78 bits per heavy atom. The second-order valence-corrected chi connectivity index (χ2v) is 6.52. The van der Waals surface area contributed by atoms with E-state index >= 15 is 0 Å². The third-order valence-corrected chi connectivity index (χ3v) is 4.56. The van der Waals surface area contributed by atoms with Crippen LogP contribution >= 0.6 is 11.6 Å². The molecule has 1 amide bonds. The van der Waals surface area contributed by atoms with Crippen LogP contribution in [0.3, 0.4) is 0 Å². The summed E-state index contributed by atoms with van der Waals surface area (Å²) in [4.78, 5) is 17.3. The summed E-state index contributed by atoms with van der Waals surface area (Å²) in [6.07, 6.45) is 5.30.